The number of likely N-dealkylation sites (N-methyl/N-ethyl adjacent to an activating group) is 1. The van der Waals surface area contributed by atoms with Gasteiger partial charge in [-0.1, -0.05) is 174 Å². The van der Waals surface area contributed by atoms with Crippen molar-refractivity contribution in [2.24, 2.45) is 0 Å². The molecule has 0 rings (SSSR count). The molecule has 0 saturated carbocycles. The van der Waals surface area contributed by atoms with Gasteiger partial charge in [0, 0.05) is 12.8 Å². The van der Waals surface area contributed by atoms with E-state index in [9.17, 15) is 19.5 Å². The number of carboxylic acids is 1. The average molecular weight is 796 g/mol. The average Bonchev–Trinajstić information content (AvgIpc) is 3.15. The Morgan fingerprint density at radius 3 is 1.32 bits per heavy atom. The molecule has 2 unspecified atom stereocenters. The van der Waals surface area contributed by atoms with Crippen molar-refractivity contribution in [1.82, 2.24) is 0 Å². The van der Waals surface area contributed by atoms with Crippen LogP contribution in [0.3, 0.4) is 0 Å². The molecule has 0 aliphatic carbocycles. The lowest BCUT2D eigenvalue weighted by Crippen LogP contribution is -2.44. The highest BCUT2D eigenvalue weighted by Crippen LogP contribution is 2.15. The number of carboxylic acid groups (broad SMARTS) is 1. The highest BCUT2D eigenvalue weighted by Gasteiger charge is 2.21. The maximum absolute atomic E-state index is 12.8. The number of allylic oxidation sites excluding steroid dienone is 2. The first-order valence-corrected chi connectivity index (χ1v) is 23.3. The van der Waals surface area contributed by atoms with E-state index < -0.39 is 24.3 Å². The number of carbonyl (C=O) groups is 3. The first-order valence-electron chi connectivity index (χ1n) is 23.3. The Kier molecular flexibility index (Phi) is 38.4. The Labute approximate surface area is 345 Å². The van der Waals surface area contributed by atoms with E-state index in [1.807, 2.05) is 21.1 Å². The molecular weight excluding hydrogens is 707 g/mol. The Hall–Kier alpha value is -1.97. The third-order valence-corrected chi connectivity index (χ3v) is 10.3. The van der Waals surface area contributed by atoms with Crippen LogP contribution in [0.2, 0.25) is 0 Å². The molecule has 0 amide bonds. The molecule has 0 fully saturated rings. The molecule has 9 heteroatoms. The molecule has 0 aromatic rings. The van der Waals surface area contributed by atoms with Crippen molar-refractivity contribution >= 4 is 17.9 Å². The molecule has 0 aliphatic heterocycles. The summed E-state index contributed by atoms with van der Waals surface area (Å²) in [6.07, 6.45) is 38.1. The van der Waals surface area contributed by atoms with Crippen molar-refractivity contribution in [3.63, 3.8) is 0 Å². The van der Waals surface area contributed by atoms with E-state index in [-0.39, 0.29) is 32.2 Å². The quantitative estimate of drug-likeness (QED) is 0.0197. The molecule has 56 heavy (non-hydrogen) atoms. The molecule has 0 N–H and O–H groups in total. The number of esters is 2. The smallest absolute Gasteiger partial charge is 0.306 e. The standard InChI is InChI=1S/C47H89NO8/c1-6-8-10-12-14-16-18-20-21-22-23-24-26-28-30-32-34-36-38-45(50)56-43(42-55-47(46(51)52)53-40-39-48(3,4)5)41-54-44(49)37-35-33-31-29-27-25-19-17-15-13-11-9-7-2/h21-22,43,47H,6-20,23-42H2,1-5H3/b22-21-. The summed E-state index contributed by atoms with van der Waals surface area (Å²) in [4.78, 5) is 37.0. The normalized spacial score (nSPS) is 12.9. The van der Waals surface area contributed by atoms with Gasteiger partial charge in [0.2, 0.25) is 0 Å². The Morgan fingerprint density at radius 2 is 0.911 bits per heavy atom. The number of unbranched alkanes of at least 4 members (excludes halogenated alkanes) is 26. The van der Waals surface area contributed by atoms with E-state index in [4.69, 9.17) is 18.9 Å². The van der Waals surface area contributed by atoms with Crippen LogP contribution in [0.25, 0.3) is 0 Å². The topological polar surface area (TPSA) is 111 Å². The van der Waals surface area contributed by atoms with E-state index in [1.165, 1.54) is 135 Å². The molecule has 0 aromatic carbocycles. The number of hydrogen-bond donors (Lipinski definition) is 0. The Morgan fingerprint density at radius 1 is 0.518 bits per heavy atom. The van der Waals surface area contributed by atoms with E-state index in [1.54, 1.807) is 0 Å². The summed E-state index contributed by atoms with van der Waals surface area (Å²) in [7, 11) is 5.91. The largest absolute Gasteiger partial charge is 0.545 e. The number of quaternary nitrogens is 1. The predicted molar refractivity (Wildman–Crippen MR) is 228 cm³/mol. The second-order valence-electron chi connectivity index (χ2n) is 17.1. The van der Waals surface area contributed by atoms with Gasteiger partial charge in [0.25, 0.3) is 0 Å². The van der Waals surface area contributed by atoms with Crippen LogP contribution in [-0.4, -0.2) is 82.3 Å². The Balaban J connectivity index is 4.39. The highest BCUT2D eigenvalue weighted by atomic mass is 16.7. The van der Waals surface area contributed by atoms with Crippen LogP contribution in [0.4, 0.5) is 0 Å². The molecule has 0 radical (unpaired) electrons. The van der Waals surface area contributed by atoms with Crippen molar-refractivity contribution in [1.29, 1.82) is 0 Å². The van der Waals surface area contributed by atoms with Crippen LogP contribution in [0.5, 0.6) is 0 Å². The van der Waals surface area contributed by atoms with Gasteiger partial charge < -0.3 is 33.3 Å². The molecule has 0 saturated heterocycles. The third-order valence-electron chi connectivity index (χ3n) is 10.3. The lowest BCUT2D eigenvalue weighted by Gasteiger charge is -2.26. The summed E-state index contributed by atoms with van der Waals surface area (Å²) in [5.74, 6) is -2.28. The maximum atomic E-state index is 12.8. The zero-order valence-electron chi connectivity index (χ0n) is 37.3. The lowest BCUT2D eigenvalue weighted by molar-refractivity contribution is -0.870. The Bertz CT molecular complexity index is 934. The monoisotopic (exact) mass is 796 g/mol. The van der Waals surface area contributed by atoms with E-state index >= 15 is 0 Å². The summed E-state index contributed by atoms with van der Waals surface area (Å²) in [6, 6.07) is 0. The van der Waals surface area contributed by atoms with Gasteiger partial charge in [0.15, 0.2) is 12.4 Å². The lowest BCUT2D eigenvalue weighted by atomic mass is 10.0. The molecular formula is C47H89NO8. The molecule has 0 spiro atoms. The summed E-state index contributed by atoms with van der Waals surface area (Å²) in [5.41, 5.74) is 0. The van der Waals surface area contributed by atoms with Crippen molar-refractivity contribution in [2.75, 3.05) is 47.5 Å². The van der Waals surface area contributed by atoms with Crippen LogP contribution >= 0.6 is 0 Å². The zero-order valence-corrected chi connectivity index (χ0v) is 37.3. The fourth-order valence-corrected chi connectivity index (χ4v) is 6.59. The van der Waals surface area contributed by atoms with E-state index in [0.29, 0.717) is 23.9 Å². The van der Waals surface area contributed by atoms with Crippen molar-refractivity contribution in [3.05, 3.63) is 12.2 Å². The van der Waals surface area contributed by atoms with Crippen LogP contribution in [0, 0.1) is 0 Å². The molecule has 0 heterocycles. The number of carbonyl (C=O) groups excluding carboxylic acids is 3. The second kappa shape index (κ2) is 39.8. The van der Waals surface area contributed by atoms with Crippen LogP contribution in [0.15, 0.2) is 12.2 Å². The van der Waals surface area contributed by atoms with Gasteiger partial charge >= 0.3 is 11.9 Å². The van der Waals surface area contributed by atoms with Crippen LogP contribution < -0.4 is 5.11 Å². The first-order chi connectivity index (χ1) is 27.1. The van der Waals surface area contributed by atoms with Gasteiger partial charge in [-0.25, -0.2) is 0 Å². The first kappa shape index (κ1) is 54.0. The zero-order chi connectivity index (χ0) is 41.4. The van der Waals surface area contributed by atoms with E-state index in [2.05, 4.69) is 26.0 Å². The summed E-state index contributed by atoms with van der Waals surface area (Å²) < 4.78 is 22.6. The van der Waals surface area contributed by atoms with Crippen LogP contribution in [-0.2, 0) is 33.3 Å². The molecule has 0 aromatic heterocycles. The second-order valence-corrected chi connectivity index (χ2v) is 17.1. The maximum Gasteiger partial charge on any atom is 0.306 e. The molecule has 0 aliphatic rings. The van der Waals surface area contributed by atoms with Crippen molar-refractivity contribution in [3.8, 4) is 0 Å². The number of rotatable bonds is 43. The van der Waals surface area contributed by atoms with Gasteiger partial charge in [-0.15, -0.1) is 0 Å². The molecule has 0 bridgehead atoms. The summed E-state index contributed by atoms with van der Waals surface area (Å²) in [6.45, 7) is 4.75. The minimum atomic E-state index is -1.62. The fraction of sp³-hybridized carbons (Fsp3) is 0.894. The highest BCUT2D eigenvalue weighted by molar-refractivity contribution is 5.70. The minimum absolute atomic E-state index is 0.150. The van der Waals surface area contributed by atoms with Gasteiger partial charge in [-0.05, 0) is 38.5 Å². The predicted octanol–water partition coefficient (Wildman–Crippen LogP) is 10.9. The van der Waals surface area contributed by atoms with Gasteiger partial charge in [-0.2, -0.15) is 0 Å². The van der Waals surface area contributed by atoms with Gasteiger partial charge in [0.05, 0.1) is 40.3 Å². The van der Waals surface area contributed by atoms with Crippen molar-refractivity contribution in [2.45, 2.75) is 225 Å². The number of aliphatic carboxylic acids is 1. The summed E-state index contributed by atoms with van der Waals surface area (Å²) >= 11 is 0. The third kappa shape index (κ3) is 40.2. The van der Waals surface area contributed by atoms with Crippen molar-refractivity contribution < 1.29 is 42.9 Å². The van der Waals surface area contributed by atoms with Gasteiger partial charge in [-0.3, -0.25) is 9.59 Å². The number of nitrogens with zero attached hydrogens (tertiary/aromatic N) is 1. The molecule has 2 atom stereocenters. The minimum Gasteiger partial charge on any atom is -0.545 e. The molecule has 330 valence electrons. The number of hydrogen-bond acceptors (Lipinski definition) is 8. The fourth-order valence-electron chi connectivity index (χ4n) is 6.59. The SMILES string of the molecule is CCCCCCCCC/C=C\CCCCCCCCCC(=O)OC(COC(=O)CCCCCCCCCCCCCCC)COC(OCC[N+](C)(C)C)C(=O)[O-]. The van der Waals surface area contributed by atoms with Gasteiger partial charge in [0.1, 0.15) is 13.2 Å². The number of ether oxygens (including phenoxy) is 4. The molecule has 9 nitrogen and oxygen atoms in total. The summed E-state index contributed by atoms with van der Waals surface area (Å²) in [5, 5.41) is 11.7. The van der Waals surface area contributed by atoms with Crippen LogP contribution in [0.1, 0.15) is 213 Å². The van der Waals surface area contributed by atoms with E-state index in [0.717, 1.165) is 44.9 Å².